The average molecular weight is 405 g/mol. The molecule has 1 aliphatic rings. The molecule has 7 heteroatoms. The summed E-state index contributed by atoms with van der Waals surface area (Å²) in [6.07, 6.45) is -4.48. The first-order valence-corrected chi connectivity index (χ1v) is 9.63. The van der Waals surface area contributed by atoms with Gasteiger partial charge in [0.1, 0.15) is 0 Å². The van der Waals surface area contributed by atoms with Crippen molar-refractivity contribution in [3.63, 3.8) is 0 Å². The molecule has 0 saturated carbocycles. The SMILES string of the molecule is Cc1ccc(C(=O)Nc2ccc(CN3CCN(C)CC3)c(C(F)(F)F)c2)cc1C. The van der Waals surface area contributed by atoms with Gasteiger partial charge in [0.25, 0.3) is 5.91 Å². The Bertz CT molecular complexity index is 887. The molecule has 1 heterocycles. The van der Waals surface area contributed by atoms with Crippen LogP contribution >= 0.6 is 0 Å². The zero-order valence-electron chi connectivity index (χ0n) is 16.9. The van der Waals surface area contributed by atoms with Crippen LogP contribution in [0.3, 0.4) is 0 Å². The van der Waals surface area contributed by atoms with Gasteiger partial charge >= 0.3 is 6.18 Å². The van der Waals surface area contributed by atoms with E-state index in [9.17, 15) is 18.0 Å². The number of hydrogen-bond acceptors (Lipinski definition) is 3. The number of halogens is 3. The topological polar surface area (TPSA) is 35.6 Å². The van der Waals surface area contributed by atoms with Crippen molar-refractivity contribution in [3.8, 4) is 0 Å². The second kappa shape index (κ2) is 8.55. The minimum atomic E-state index is -4.48. The van der Waals surface area contributed by atoms with Crippen LogP contribution < -0.4 is 5.32 Å². The molecule has 1 N–H and O–H groups in total. The molecule has 1 fully saturated rings. The summed E-state index contributed by atoms with van der Waals surface area (Å²) in [4.78, 5) is 16.7. The first-order chi connectivity index (χ1) is 13.6. The molecule has 4 nitrogen and oxygen atoms in total. The molecule has 2 aromatic carbocycles. The van der Waals surface area contributed by atoms with E-state index < -0.39 is 17.6 Å². The fourth-order valence-electron chi connectivity index (χ4n) is 3.39. The van der Waals surface area contributed by atoms with E-state index >= 15 is 0 Å². The standard InChI is InChI=1S/C22H26F3N3O/c1-15-4-5-17(12-16(15)2)21(29)26-19-7-6-18(20(13-19)22(23,24)25)14-28-10-8-27(3)9-11-28/h4-7,12-13H,8-11,14H2,1-3H3,(H,26,29). The van der Waals surface area contributed by atoms with Gasteiger partial charge in [0.15, 0.2) is 0 Å². The summed E-state index contributed by atoms with van der Waals surface area (Å²) in [5.41, 5.74) is 2.09. The van der Waals surface area contributed by atoms with Crippen LogP contribution in [0.4, 0.5) is 18.9 Å². The minimum absolute atomic E-state index is 0.141. The third kappa shape index (κ3) is 5.36. The van der Waals surface area contributed by atoms with Crippen molar-refractivity contribution >= 4 is 11.6 Å². The van der Waals surface area contributed by atoms with Crippen LogP contribution in [-0.4, -0.2) is 48.9 Å². The van der Waals surface area contributed by atoms with Crippen LogP contribution in [0, 0.1) is 13.8 Å². The summed E-state index contributed by atoms with van der Waals surface area (Å²) in [5, 5.41) is 2.59. The second-order valence-corrected chi connectivity index (χ2v) is 7.70. The van der Waals surface area contributed by atoms with Crippen molar-refractivity contribution in [2.45, 2.75) is 26.6 Å². The van der Waals surface area contributed by atoms with E-state index in [2.05, 4.69) is 10.2 Å². The predicted molar refractivity (Wildman–Crippen MR) is 108 cm³/mol. The van der Waals surface area contributed by atoms with Gasteiger partial charge in [0.2, 0.25) is 0 Å². The molecule has 1 amide bonds. The number of aryl methyl sites for hydroxylation is 2. The smallest absolute Gasteiger partial charge is 0.322 e. The highest BCUT2D eigenvalue weighted by atomic mass is 19.4. The van der Waals surface area contributed by atoms with E-state index in [0.717, 1.165) is 43.4 Å². The maximum absolute atomic E-state index is 13.7. The number of nitrogens with one attached hydrogen (secondary N) is 1. The Kier molecular flexibility index (Phi) is 6.29. The lowest BCUT2D eigenvalue weighted by Crippen LogP contribution is -2.44. The van der Waals surface area contributed by atoms with Crippen LogP contribution in [0.2, 0.25) is 0 Å². The maximum Gasteiger partial charge on any atom is 0.416 e. The first-order valence-electron chi connectivity index (χ1n) is 9.63. The molecule has 0 bridgehead atoms. The Morgan fingerprint density at radius 1 is 1.00 bits per heavy atom. The van der Waals surface area contributed by atoms with Gasteiger partial charge in [-0.3, -0.25) is 9.69 Å². The number of carbonyl (C=O) groups is 1. The monoisotopic (exact) mass is 405 g/mol. The summed E-state index contributed by atoms with van der Waals surface area (Å²) in [7, 11) is 2.01. The lowest BCUT2D eigenvalue weighted by atomic mass is 10.0. The summed E-state index contributed by atoms with van der Waals surface area (Å²) in [6.45, 7) is 7.22. The van der Waals surface area contributed by atoms with Crippen molar-refractivity contribution in [2.24, 2.45) is 0 Å². The van der Waals surface area contributed by atoms with Crippen molar-refractivity contribution in [1.82, 2.24) is 9.80 Å². The van der Waals surface area contributed by atoms with E-state index in [0.29, 0.717) is 5.56 Å². The number of piperazine rings is 1. The lowest BCUT2D eigenvalue weighted by Gasteiger charge is -2.33. The van der Waals surface area contributed by atoms with Crippen LogP contribution in [0.5, 0.6) is 0 Å². The Hall–Kier alpha value is -2.38. The quantitative estimate of drug-likeness (QED) is 0.823. The molecule has 1 aliphatic heterocycles. The number of hydrogen-bond donors (Lipinski definition) is 1. The Morgan fingerprint density at radius 2 is 1.69 bits per heavy atom. The van der Waals surface area contributed by atoms with E-state index in [-0.39, 0.29) is 17.8 Å². The third-order valence-electron chi connectivity index (χ3n) is 5.43. The Morgan fingerprint density at radius 3 is 2.31 bits per heavy atom. The molecule has 3 rings (SSSR count). The molecular formula is C22H26F3N3O. The van der Waals surface area contributed by atoms with Gasteiger partial charge in [0.05, 0.1) is 5.56 Å². The number of alkyl halides is 3. The number of amides is 1. The zero-order chi connectivity index (χ0) is 21.2. The molecule has 156 valence electrons. The normalized spacial score (nSPS) is 16.1. The number of nitrogens with zero attached hydrogens (tertiary/aromatic N) is 2. The Balaban J connectivity index is 1.79. The summed E-state index contributed by atoms with van der Waals surface area (Å²) < 4.78 is 41.0. The minimum Gasteiger partial charge on any atom is -0.322 e. The highest BCUT2D eigenvalue weighted by molar-refractivity contribution is 6.04. The molecule has 0 radical (unpaired) electrons. The number of carbonyl (C=O) groups excluding carboxylic acids is 1. The zero-order valence-corrected chi connectivity index (χ0v) is 16.9. The second-order valence-electron chi connectivity index (χ2n) is 7.70. The van der Waals surface area contributed by atoms with Gasteiger partial charge in [-0.15, -0.1) is 0 Å². The largest absolute Gasteiger partial charge is 0.416 e. The number of likely N-dealkylation sites (N-methyl/N-ethyl adjacent to an activating group) is 1. The molecule has 1 saturated heterocycles. The fraction of sp³-hybridized carbons (Fsp3) is 0.409. The molecular weight excluding hydrogens is 379 g/mol. The molecule has 0 atom stereocenters. The van der Waals surface area contributed by atoms with E-state index in [1.165, 1.54) is 6.07 Å². The van der Waals surface area contributed by atoms with Gasteiger partial charge in [-0.05, 0) is 61.9 Å². The van der Waals surface area contributed by atoms with Crippen molar-refractivity contribution in [3.05, 3.63) is 64.2 Å². The van der Waals surface area contributed by atoms with Crippen molar-refractivity contribution < 1.29 is 18.0 Å². The van der Waals surface area contributed by atoms with E-state index in [4.69, 9.17) is 0 Å². The Labute approximate surface area is 169 Å². The van der Waals surface area contributed by atoms with Crippen LogP contribution in [-0.2, 0) is 12.7 Å². The molecule has 0 aromatic heterocycles. The van der Waals surface area contributed by atoms with Crippen molar-refractivity contribution in [1.29, 1.82) is 0 Å². The summed E-state index contributed by atoms with van der Waals surface area (Å²) >= 11 is 0. The van der Waals surface area contributed by atoms with Gasteiger partial charge in [-0.25, -0.2) is 0 Å². The van der Waals surface area contributed by atoms with E-state index in [1.807, 2.05) is 31.9 Å². The van der Waals surface area contributed by atoms with E-state index in [1.54, 1.807) is 18.2 Å². The van der Waals surface area contributed by atoms with Gasteiger partial charge in [0, 0.05) is 44.0 Å². The molecule has 29 heavy (non-hydrogen) atoms. The van der Waals surface area contributed by atoms with Crippen LogP contribution in [0.1, 0.15) is 32.6 Å². The average Bonchev–Trinajstić information content (AvgIpc) is 2.66. The number of anilines is 1. The summed E-state index contributed by atoms with van der Waals surface area (Å²) in [5.74, 6) is -0.423. The van der Waals surface area contributed by atoms with Gasteiger partial charge in [-0.2, -0.15) is 13.2 Å². The summed E-state index contributed by atoms with van der Waals surface area (Å²) in [6, 6.07) is 9.27. The first kappa shape index (κ1) is 21.3. The number of benzene rings is 2. The lowest BCUT2D eigenvalue weighted by molar-refractivity contribution is -0.138. The van der Waals surface area contributed by atoms with Gasteiger partial charge < -0.3 is 10.2 Å². The molecule has 0 aliphatic carbocycles. The number of rotatable bonds is 4. The van der Waals surface area contributed by atoms with Crippen LogP contribution in [0.15, 0.2) is 36.4 Å². The van der Waals surface area contributed by atoms with Gasteiger partial charge in [-0.1, -0.05) is 12.1 Å². The molecule has 0 spiro atoms. The molecule has 0 unspecified atom stereocenters. The predicted octanol–water partition coefficient (Wildman–Crippen LogP) is 4.32. The molecule has 2 aromatic rings. The third-order valence-corrected chi connectivity index (χ3v) is 5.43. The fourth-order valence-corrected chi connectivity index (χ4v) is 3.39. The highest BCUT2D eigenvalue weighted by Crippen LogP contribution is 2.34. The van der Waals surface area contributed by atoms with Crippen LogP contribution in [0.25, 0.3) is 0 Å². The van der Waals surface area contributed by atoms with Crippen molar-refractivity contribution in [2.75, 3.05) is 38.5 Å². The maximum atomic E-state index is 13.7. The highest BCUT2D eigenvalue weighted by Gasteiger charge is 2.34.